The van der Waals surface area contributed by atoms with Crippen molar-refractivity contribution in [2.45, 2.75) is 39.3 Å². The van der Waals surface area contributed by atoms with E-state index in [1.54, 1.807) is 12.1 Å². The molecule has 0 aromatic heterocycles. The van der Waals surface area contributed by atoms with Crippen molar-refractivity contribution in [3.8, 4) is 0 Å². The molecule has 0 radical (unpaired) electrons. The number of benzene rings is 1. The zero-order chi connectivity index (χ0) is 18.4. The maximum absolute atomic E-state index is 13.0. The van der Waals surface area contributed by atoms with Crippen molar-refractivity contribution in [1.29, 1.82) is 0 Å². The highest BCUT2D eigenvalue weighted by Crippen LogP contribution is 2.18. The summed E-state index contributed by atoms with van der Waals surface area (Å²) < 4.78 is 13.0. The summed E-state index contributed by atoms with van der Waals surface area (Å²) >= 11 is 0. The van der Waals surface area contributed by atoms with Gasteiger partial charge in [-0.05, 0) is 43.5 Å². The van der Waals surface area contributed by atoms with Crippen LogP contribution in [0.1, 0.15) is 27.2 Å². The Labute approximate surface area is 150 Å². The molecule has 25 heavy (non-hydrogen) atoms. The molecular formula is C19H31FN4O. The molecule has 2 atom stereocenters. The second kappa shape index (κ2) is 9.15. The van der Waals surface area contributed by atoms with Crippen LogP contribution in [0.3, 0.4) is 0 Å². The molecule has 1 fully saturated rings. The zero-order valence-corrected chi connectivity index (χ0v) is 15.5. The number of rotatable bonds is 7. The third-order valence-corrected chi connectivity index (χ3v) is 4.82. The molecular weight excluding hydrogens is 319 g/mol. The van der Waals surface area contributed by atoms with Crippen molar-refractivity contribution in [2.75, 3.05) is 37.6 Å². The molecule has 0 aliphatic carbocycles. The summed E-state index contributed by atoms with van der Waals surface area (Å²) in [6, 6.07) is 6.45. The van der Waals surface area contributed by atoms with Gasteiger partial charge in [0, 0.05) is 44.5 Å². The molecule has 5 nitrogen and oxygen atoms in total. The van der Waals surface area contributed by atoms with Gasteiger partial charge in [-0.2, -0.15) is 0 Å². The van der Waals surface area contributed by atoms with Gasteiger partial charge in [0.25, 0.3) is 0 Å². The number of amides is 1. The van der Waals surface area contributed by atoms with Crippen molar-refractivity contribution in [3.63, 3.8) is 0 Å². The van der Waals surface area contributed by atoms with Gasteiger partial charge in [-0.3, -0.25) is 9.69 Å². The van der Waals surface area contributed by atoms with Gasteiger partial charge in [-0.25, -0.2) is 4.39 Å². The molecule has 0 spiro atoms. The molecule has 1 heterocycles. The zero-order valence-electron chi connectivity index (χ0n) is 15.5. The molecule has 1 amide bonds. The van der Waals surface area contributed by atoms with E-state index < -0.39 is 0 Å². The molecule has 1 saturated heterocycles. The van der Waals surface area contributed by atoms with E-state index in [1.165, 1.54) is 12.1 Å². The van der Waals surface area contributed by atoms with Crippen LogP contribution in [0.25, 0.3) is 0 Å². The summed E-state index contributed by atoms with van der Waals surface area (Å²) in [6.07, 6.45) is 0.896. The van der Waals surface area contributed by atoms with Crippen LogP contribution in [0.4, 0.5) is 10.1 Å². The van der Waals surface area contributed by atoms with E-state index in [0.29, 0.717) is 12.5 Å². The largest absolute Gasteiger partial charge is 0.369 e. The molecule has 0 saturated carbocycles. The van der Waals surface area contributed by atoms with Crippen molar-refractivity contribution < 1.29 is 9.18 Å². The van der Waals surface area contributed by atoms with Gasteiger partial charge in [0.05, 0.1) is 6.04 Å². The average molecular weight is 350 g/mol. The predicted molar refractivity (Wildman–Crippen MR) is 100 cm³/mol. The van der Waals surface area contributed by atoms with Crippen LogP contribution in [0, 0.1) is 11.7 Å². The molecule has 2 rings (SSSR count). The lowest BCUT2D eigenvalue weighted by molar-refractivity contribution is -0.126. The molecule has 2 unspecified atom stereocenters. The molecule has 0 bridgehead atoms. The van der Waals surface area contributed by atoms with Gasteiger partial charge in [-0.15, -0.1) is 0 Å². The number of nitrogens with zero attached hydrogens (tertiary/aromatic N) is 2. The van der Waals surface area contributed by atoms with Crippen LogP contribution in [0.15, 0.2) is 24.3 Å². The van der Waals surface area contributed by atoms with Crippen molar-refractivity contribution in [1.82, 2.24) is 10.2 Å². The van der Waals surface area contributed by atoms with Gasteiger partial charge in [0.15, 0.2) is 0 Å². The maximum atomic E-state index is 13.0. The van der Waals surface area contributed by atoms with Crippen LogP contribution in [0.2, 0.25) is 0 Å². The first-order valence-electron chi connectivity index (χ1n) is 9.15. The Kier molecular flexibility index (Phi) is 7.20. The normalized spacial score (nSPS) is 18.2. The minimum atomic E-state index is -0.219. The SMILES string of the molecule is CC(C)CC(CN)NC(=O)C(C)N1CCN(c2ccc(F)cc2)CC1. The van der Waals surface area contributed by atoms with Crippen molar-refractivity contribution >= 4 is 11.6 Å². The Morgan fingerprint density at radius 1 is 1.16 bits per heavy atom. The highest BCUT2D eigenvalue weighted by atomic mass is 19.1. The topological polar surface area (TPSA) is 61.6 Å². The Hall–Kier alpha value is -1.66. The van der Waals surface area contributed by atoms with Crippen LogP contribution >= 0.6 is 0 Å². The molecule has 1 aromatic rings. The highest BCUT2D eigenvalue weighted by Gasteiger charge is 2.26. The number of nitrogens with two attached hydrogens (primary N) is 1. The minimum Gasteiger partial charge on any atom is -0.369 e. The van der Waals surface area contributed by atoms with Crippen LogP contribution < -0.4 is 16.0 Å². The number of hydrogen-bond donors (Lipinski definition) is 2. The molecule has 1 aliphatic heterocycles. The summed E-state index contributed by atoms with van der Waals surface area (Å²) in [7, 11) is 0. The maximum Gasteiger partial charge on any atom is 0.237 e. The first-order valence-corrected chi connectivity index (χ1v) is 9.15. The van der Waals surface area contributed by atoms with Crippen molar-refractivity contribution in [2.24, 2.45) is 11.7 Å². The summed E-state index contributed by atoms with van der Waals surface area (Å²) in [5, 5.41) is 3.08. The Morgan fingerprint density at radius 2 is 1.76 bits per heavy atom. The lowest BCUT2D eigenvalue weighted by Crippen LogP contribution is -2.55. The van der Waals surface area contributed by atoms with Crippen LogP contribution in [-0.4, -0.2) is 55.6 Å². The number of nitrogens with one attached hydrogen (secondary N) is 1. The first kappa shape index (κ1) is 19.7. The minimum absolute atomic E-state index is 0.0375. The Bertz CT molecular complexity index is 541. The molecule has 3 N–H and O–H groups in total. The van der Waals surface area contributed by atoms with Gasteiger partial charge in [-0.1, -0.05) is 13.8 Å². The average Bonchev–Trinajstić information content (AvgIpc) is 2.61. The molecule has 1 aliphatic rings. The quantitative estimate of drug-likeness (QED) is 0.788. The van der Waals surface area contributed by atoms with E-state index in [2.05, 4.69) is 29.0 Å². The number of hydrogen-bond acceptors (Lipinski definition) is 4. The predicted octanol–water partition coefficient (Wildman–Crippen LogP) is 1.83. The second-order valence-electron chi connectivity index (χ2n) is 7.25. The van der Waals surface area contributed by atoms with E-state index in [-0.39, 0.29) is 23.8 Å². The standard InChI is InChI=1S/C19H31FN4O/c1-14(2)12-17(13-21)22-19(25)15(3)23-8-10-24(11-9-23)18-6-4-16(20)5-7-18/h4-7,14-15,17H,8-13,21H2,1-3H3,(H,22,25). The van der Waals surface area contributed by atoms with E-state index in [4.69, 9.17) is 5.73 Å². The summed E-state index contributed by atoms with van der Waals surface area (Å²) in [6.45, 7) is 9.96. The molecule has 6 heteroatoms. The van der Waals surface area contributed by atoms with E-state index in [9.17, 15) is 9.18 Å². The van der Waals surface area contributed by atoms with Gasteiger partial charge >= 0.3 is 0 Å². The van der Waals surface area contributed by atoms with E-state index in [1.807, 2.05) is 6.92 Å². The molecule has 140 valence electrons. The number of carbonyl (C=O) groups excluding carboxylic acids is 1. The van der Waals surface area contributed by atoms with Gasteiger partial charge < -0.3 is 16.0 Å². The third kappa shape index (κ3) is 5.68. The highest BCUT2D eigenvalue weighted by molar-refractivity contribution is 5.81. The van der Waals surface area contributed by atoms with Gasteiger partial charge in [0.2, 0.25) is 5.91 Å². The van der Waals surface area contributed by atoms with Crippen LogP contribution in [-0.2, 0) is 4.79 Å². The fourth-order valence-corrected chi connectivity index (χ4v) is 3.29. The number of piperazine rings is 1. The summed E-state index contributed by atoms with van der Waals surface area (Å²) in [5.74, 6) is 0.332. The lowest BCUT2D eigenvalue weighted by Gasteiger charge is -2.39. The van der Waals surface area contributed by atoms with Crippen LogP contribution in [0.5, 0.6) is 0 Å². The number of carbonyl (C=O) groups is 1. The first-order chi connectivity index (χ1) is 11.9. The lowest BCUT2D eigenvalue weighted by atomic mass is 10.0. The third-order valence-electron chi connectivity index (χ3n) is 4.82. The van der Waals surface area contributed by atoms with E-state index in [0.717, 1.165) is 38.3 Å². The fourth-order valence-electron chi connectivity index (χ4n) is 3.29. The Balaban J connectivity index is 1.84. The number of halogens is 1. The second-order valence-corrected chi connectivity index (χ2v) is 7.25. The Morgan fingerprint density at radius 3 is 2.28 bits per heavy atom. The van der Waals surface area contributed by atoms with E-state index >= 15 is 0 Å². The van der Waals surface area contributed by atoms with Gasteiger partial charge in [0.1, 0.15) is 5.82 Å². The monoisotopic (exact) mass is 350 g/mol. The van der Waals surface area contributed by atoms with Crippen molar-refractivity contribution in [3.05, 3.63) is 30.1 Å². The smallest absolute Gasteiger partial charge is 0.237 e. The summed E-state index contributed by atoms with van der Waals surface area (Å²) in [5.41, 5.74) is 6.81. The number of anilines is 1. The summed E-state index contributed by atoms with van der Waals surface area (Å²) in [4.78, 5) is 16.9. The molecule has 1 aromatic carbocycles. The fraction of sp³-hybridized carbons (Fsp3) is 0.632.